The number of carbonyl (C=O) groups is 2. The van der Waals surface area contributed by atoms with E-state index in [0.29, 0.717) is 29.0 Å². The summed E-state index contributed by atoms with van der Waals surface area (Å²) < 4.78 is 0. The maximum Gasteiger partial charge on any atom is 0.256 e. The number of hydroxylamine groups is 2. The Labute approximate surface area is 205 Å². The van der Waals surface area contributed by atoms with Crippen LogP contribution in [0.5, 0.6) is 0 Å². The highest BCUT2D eigenvalue weighted by molar-refractivity contribution is 6.08. The minimum absolute atomic E-state index is 0.297. The van der Waals surface area contributed by atoms with Crippen molar-refractivity contribution in [3.63, 3.8) is 0 Å². The van der Waals surface area contributed by atoms with Gasteiger partial charge in [0.1, 0.15) is 0 Å². The molecule has 0 bridgehead atoms. The molecule has 8 heteroatoms. The first-order valence-electron chi connectivity index (χ1n) is 11.1. The third kappa shape index (κ3) is 6.51. The summed E-state index contributed by atoms with van der Waals surface area (Å²) in [6.45, 7) is 5.88. The van der Waals surface area contributed by atoms with Gasteiger partial charge in [-0.15, -0.1) is 0 Å². The molecule has 0 aliphatic rings. The summed E-state index contributed by atoms with van der Waals surface area (Å²) in [5.74, 6) is -0.640. The van der Waals surface area contributed by atoms with E-state index in [4.69, 9.17) is 4.84 Å². The second kappa shape index (κ2) is 10.9. The van der Waals surface area contributed by atoms with E-state index in [9.17, 15) is 14.9 Å². The maximum absolute atomic E-state index is 13.2. The molecule has 0 unspecified atom stereocenters. The van der Waals surface area contributed by atoms with Crippen LogP contribution in [0.3, 0.4) is 0 Å². The van der Waals surface area contributed by atoms with Gasteiger partial charge in [0.15, 0.2) is 0 Å². The van der Waals surface area contributed by atoms with Crippen molar-refractivity contribution in [1.29, 1.82) is 5.26 Å². The Morgan fingerprint density at radius 3 is 2.49 bits per heavy atom. The molecule has 1 heterocycles. The predicted octanol–water partition coefficient (Wildman–Crippen LogP) is 4.69. The predicted molar refractivity (Wildman–Crippen MR) is 135 cm³/mol. The molecule has 2 amide bonds. The molecule has 0 fully saturated rings. The molecule has 3 rings (SSSR count). The molecule has 0 aliphatic heterocycles. The second-order valence-electron chi connectivity index (χ2n) is 8.80. The lowest BCUT2D eigenvalue weighted by Crippen LogP contribution is -2.21. The van der Waals surface area contributed by atoms with E-state index in [1.165, 1.54) is 0 Å². The molecule has 2 aromatic carbocycles. The van der Waals surface area contributed by atoms with Crippen LogP contribution < -0.4 is 10.6 Å². The second-order valence-corrected chi connectivity index (χ2v) is 8.80. The summed E-state index contributed by atoms with van der Waals surface area (Å²) in [5.41, 5.74) is 3.47. The van der Waals surface area contributed by atoms with E-state index in [-0.39, 0.29) is 11.8 Å². The summed E-state index contributed by atoms with van der Waals surface area (Å²) >= 11 is 0. The van der Waals surface area contributed by atoms with Gasteiger partial charge >= 0.3 is 0 Å². The van der Waals surface area contributed by atoms with Crippen LogP contribution in [-0.2, 0) is 16.8 Å². The van der Waals surface area contributed by atoms with Gasteiger partial charge in [0.2, 0.25) is 0 Å². The number of nitriles is 1. The van der Waals surface area contributed by atoms with Crippen molar-refractivity contribution in [2.24, 2.45) is 0 Å². The highest BCUT2D eigenvalue weighted by Gasteiger charge is 2.23. The summed E-state index contributed by atoms with van der Waals surface area (Å²) in [7, 11) is 3.35. The standard InChI is InChI=1S/C27H29N5O3/c1-18-8-9-22(14-24(18)26(34)31-23-7-6-10-29-15-23)30-25(33)20-11-19(16-32(4)35-5)12-21(13-20)27(2,3)17-28/h6-15H,16H2,1-5H3,(H,30,33)(H,31,34). The Bertz CT molecular complexity index is 1270. The molecule has 180 valence electrons. The molecule has 2 N–H and O–H groups in total. The molecule has 1 aromatic heterocycles. The van der Waals surface area contributed by atoms with Gasteiger partial charge in [0, 0.05) is 36.6 Å². The van der Waals surface area contributed by atoms with Gasteiger partial charge < -0.3 is 15.5 Å². The van der Waals surface area contributed by atoms with Crippen LogP contribution in [0.15, 0.2) is 60.9 Å². The number of nitrogens with zero attached hydrogens (tertiary/aromatic N) is 3. The van der Waals surface area contributed by atoms with Crippen LogP contribution >= 0.6 is 0 Å². The molecule has 0 aliphatic carbocycles. The van der Waals surface area contributed by atoms with E-state index < -0.39 is 5.41 Å². The molecule has 35 heavy (non-hydrogen) atoms. The zero-order valence-corrected chi connectivity index (χ0v) is 20.5. The van der Waals surface area contributed by atoms with E-state index in [0.717, 1.165) is 16.7 Å². The van der Waals surface area contributed by atoms with Crippen LogP contribution in [0.4, 0.5) is 11.4 Å². The van der Waals surface area contributed by atoms with Crippen molar-refractivity contribution in [3.05, 3.63) is 88.7 Å². The quantitative estimate of drug-likeness (QED) is 0.462. The lowest BCUT2D eigenvalue weighted by atomic mass is 9.84. The zero-order valence-electron chi connectivity index (χ0n) is 20.5. The molecule has 8 nitrogen and oxygen atoms in total. The van der Waals surface area contributed by atoms with Crippen molar-refractivity contribution in [2.45, 2.75) is 32.7 Å². The number of aryl methyl sites for hydroxylation is 1. The first kappa shape index (κ1) is 25.6. The first-order valence-corrected chi connectivity index (χ1v) is 11.1. The maximum atomic E-state index is 13.2. The van der Waals surface area contributed by atoms with Crippen molar-refractivity contribution >= 4 is 23.2 Å². The number of hydrogen-bond acceptors (Lipinski definition) is 6. The summed E-state index contributed by atoms with van der Waals surface area (Å²) in [5, 5.41) is 16.9. The van der Waals surface area contributed by atoms with E-state index in [1.807, 2.05) is 13.0 Å². The number of pyridine rings is 1. The van der Waals surface area contributed by atoms with Gasteiger partial charge in [-0.05, 0) is 73.9 Å². The highest BCUT2D eigenvalue weighted by atomic mass is 16.7. The van der Waals surface area contributed by atoms with Crippen LogP contribution in [0.2, 0.25) is 0 Å². The average Bonchev–Trinajstić information content (AvgIpc) is 2.85. The largest absolute Gasteiger partial charge is 0.322 e. The van der Waals surface area contributed by atoms with Gasteiger partial charge in [-0.25, -0.2) is 0 Å². The lowest BCUT2D eigenvalue weighted by Gasteiger charge is -2.20. The van der Waals surface area contributed by atoms with Crippen LogP contribution in [0.25, 0.3) is 0 Å². The van der Waals surface area contributed by atoms with Crippen LogP contribution in [0.1, 0.15) is 51.3 Å². The monoisotopic (exact) mass is 471 g/mol. The van der Waals surface area contributed by atoms with Crippen molar-refractivity contribution in [1.82, 2.24) is 10.0 Å². The van der Waals surface area contributed by atoms with Crippen molar-refractivity contribution in [2.75, 3.05) is 24.8 Å². The number of amides is 2. The number of aromatic nitrogens is 1. The van der Waals surface area contributed by atoms with Gasteiger partial charge in [0.25, 0.3) is 11.8 Å². The molecule has 0 saturated heterocycles. The molecule has 0 radical (unpaired) electrons. The van der Waals surface area contributed by atoms with Crippen molar-refractivity contribution < 1.29 is 14.4 Å². The molecule has 0 spiro atoms. The summed E-state index contributed by atoms with van der Waals surface area (Å²) in [6, 6.07) is 16.3. The SMILES string of the molecule is CON(C)Cc1cc(C(=O)Nc2ccc(C)c(C(=O)Nc3cccnc3)c2)cc(C(C)(C)C#N)c1. The minimum Gasteiger partial charge on any atom is -0.322 e. The number of carbonyl (C=O) groups excluding carboxylic acids is 2. The molecular formula is C27H29N5O3. The summed E-state index contributed by atoms with van der Waals surface area (Å²) in [6.07, 6.45) is 3.19. The number of benzene rings is 2. The van der Waals surface area contributed by atoms with Gasteiger partial charge in [-0.1, -0.05) is 12.1 Å². The number of rotatable bonds is 8. The Morgan fingerprint density at radius 1 is 1.09 bits per heavy atom. The van der Waals surface area contributed by atoms with E-state index in [2.05, 4.69) is 21.7 Å². The van der Waals surface area contributed by atoms with Crippen molar-refractivity contribution in [3.8, 4) is 6.07 Å². The smallest absolute Gasteiger partial charge is 0.256 e. The third-order valence-corrected chi connectivity index (χ3v) is 5.63. The number of anilines is 2. The number of nitrogens with one attached hydrogen (secondary N) is 2. The average molecular weight is 472 g/mol. The third-order valence-electron chi connectivity index (χ3n) is 5.63. The Morgan fingerprint density at radius 2 is 1.83 bits per heavy atom. The number of hydrogen-bond donors (Lipinski definition) is 2. The fourth-order valence-corrected chi connectivity index (χ4v) is 3.44. The van der Waals surface area contributed by atoms with Crippen LogP contribution in [-0.4, -0.2) is 36.0 Å². The molecular weight excluding hydrogens is 442 g/mol. The fraction of sp³-hybridized carbons (Fsp3) is 0.259. The normalized spacial score (nSPS) is 11.1. The molecule has 0 atom stereocenters. The van der Waals surface area contributed by atoms with Crippen LogP contribution in [0, 0.1) is 18.3 Å². The van der Waals surface area contributed by atoms with Gasteiger partial charge in [0.05, 0.1) is 30.5 Å². The van der Waals surface area contributed by atoms with E-state index in [1.54, 1.807) is 87.9 Å². The summed E-state index contributed by atoms with van der Waals surface area (Å²) in [4.78, 5) is 35.2. The Balaban J connectivity index is 1.88. The highest BCUT2D eigenvalue weighted by Crippen LogP contribution is 2.26. The minimum atomic E-state index is -0.780. The lowest BCUT2D eigenvalue weighted by molar-refractivity contribution is -0.116. The zero-order chi connectivity index (χ0) is 25.6. The Kier molecular flexibility index (Phi) is 7.97. The molecule has 3 aromatic rings. The van der Waals surface area contributed by atoms with E-state index >= 15 is 0 Å². The molecule has 0 saturated carbocycles. The van der Waals surface area contributed by atoms with Gasteiger partial charge in [-0.3, -0.25) is 14.6 Å². The fourth-order valence-electron chi connectivity index (χ4n) is 3.44. The first-order chi connectivity index (χ1) is 16.6. The van der Waals surface area contributed by atoms with Gasteiger partial charge in [-0.2, -0.15) is 10.3 Å². The Hall–Kier alpha value is -4.06. The topological polar surface area (TPSA) is 107 Å².